The van der Waals surface area contributed by atoms with Crippen LogP contribution in [0, 0.1) is 0 Å². The summed E-state index contributed by atoms with van der Waals surface area (Å²) in [6, 6.07) is 0.628. The Hall–Kier alpha value is -0.321. The van der Waals surface area contributed by atoms with E-state index < -0.39 is 21.1 Å². The first-order valence-electron chi connectivity index (χ1n) is 12.1. The van der Waals surface area contributed by atoms with E-state index in [-0.39, 0.29) is 0 Å². The molecule has 0 spiro atoms. The van der Waals surface area contributed by atoms with Crippen LogP contribution in [0.1, 0.15) is 110 Å². The van der Waals surface area contributed by atoms with Crippen molar-refractivity contribution < 1.29 is 0 Å². The van der Waals surface area contributed by atoms with Crippen LogP contribution >= 0.6 is 0 Å². The fourth-order valence-corrected chi connectivity index (χ4v) is 10.5. The van der Waals surface area contributed by atoms with Crippen LogP contribution in [0.5, 0.6) is 0 Å². The van der Waals surface area contributed by atoms with E-state index in [2.05, 4.69) is 32.6 Å². The Bertz CT molecular complexity index is 609. The van der Waals surface area contributed by atoms with Gasteiger partial charge in [-0.05, 0) is 0 Å². The van der Waals surface area contributed by atoms with Gasteiger partial charge in [0, 0.05) is 0 Å². The van der Waals surface area contributed by atoms with E-state index >= 15 is 0 Å². The number of nitrogens with zero attached hydrogens (tertiary/aromatic N) is 3. The molecule has 2 heterocycles. The van der Waals surface area contributed by atoms with Crippen LogP contribution in [0.2, 0.25) is 3.43 Å². The first-order valence-corrected chi connectivity index (χ1v) is 14.9. The number of hydrogen-bond acceptors (Lipinski definition) is 3. The second-order valence-electron chi connectivity index (χ2n) is 9.20. The third-order valence-electron chi connectivity index (χ3n) is 6.91. The van der Waals surface area contributed by atoms with Gasteiger partial charge in [-0.1, -0.05) is 0 Å². The van der Waals surface area contributed by atoms with Gasteiger partial charge in [0.25, 0.3) is 0 Å². The van der Waals surface area contributed by atoms with Crippen molar-refractivity contribution in [3.05, 3.63) is 11.3 Å². The minimum absolute atomic E-state index is 0.619. The maximum absolute atomic E-state index is 5.32. The maximum atomic E-state index is 5.32. The van der Waals surface area contributed by atoms with Crippen molar-refractivity contribution in [2.45, 2.75) is 121 Å². The zero-order valence-electron chi connectivity index (χ0n) is 18.8. The molecule has 1 aromatic heterocycles. The molecule has 0 N–H and O–H groups in total. The van der Waals surface area contributed by atoms with Crippen molar-refractivity contribution in [1.29, 1.82) is 0 Å². The fourth-order valence-electron chi connectivity index (χ4n) is 4.82. The van der Waals surface area contributed by atoms with Gasteiger partial charge in [-0.3, -0.25) is 0 Å². The molecule has 0 saturated carbocycles. The summed E-state index contributed by atoms with van der Waals surface area (Å²) in [6.45, 7) is 10.6. The second kappa shape index (κ2) is 10.6. The van der Waals surface area contributed by atoms with E-state index in [0.29, 0.717) is 9.47 Å². The molecule has 28 heavy (non-hydrogen) atoms. The number of unbranched alkanes of at least 4 members (excludes halogenated alkanes) is 3. The summed E-state index contributed by atoms with van der Waals surface area (Å²) in [5.41, 5.74) is 3.01. The van der Waals surface area contributed by atoms with Crippen LogP contribution < -0.4 is 8.61 Å². The van der Waals surface area contributed by atoms with Gasteiger partial charge in [0.1, 0.15) is 0 Å². The van der Waals surface area contributed by atoms with Crippen LogP contribution in [-0.4, -0.2) is 43.7 Å². The standard InChI is InChI=1S/C13H27.C11H14N3.Sn/c1-4-7-10-13(11-8-5-2)12-9-6-3;1-8-5-6-14(8)11-12-7-9-3-2-4-10(9)13-11;/h4-12H2,1-3H3;8H,2-6H2,1H3;/t;8-;/m.0./s1. The third-order valence-corrected chi connectivity index (χ3v) is 12.4. The Balaban J connectivity index is 1.91. The van der Waals surface area contributed by atoms with Gasteiger partial charge >= 0.3 is 184 Å². The van der Waals surface area contributed by atoms with E-state index in [0.717, 1.165) is 12.5 Å². The first-order chi connectivity index (χ1) is 13.6. The van der Waals surface area contributed by atoms with E-state index in [1.54, 1.807) is 9.27 Å². The van der Waals surface area contributed by atoms with Crippen LogP contribution in [0.3, 0.4) is 0 Å². The summed E-state index contributed by atoms with van der Waals surface area (Å²) in [5, 5.41) is 0. The molecule has 4 heteroatoms. The topological polar surface area (TPSA) is 29.0 Å². The molecule has 1 saturated heterocycles. The van der Waals surface area contributed by atoms with Crippen molar-refractivity contribution >= 4 is 30.8 Å². The van der Waals surface area contributed by atoms with Gasteiger partial charge in [-0.2, -0.15) is 0 Å². The summed E-state index contributed by atoms with van der Waals surface area (Å²) in [6.07, 6.45) is 17.6. The predicted octanol–water partition coefficient (Wildman–Crippen LogP) is 5.62. The Morgan fingerprint density at radius 3 is 2.11 bits per heavy atom. The molecule has 1 atom stereocenters. The molecule has 0 unspecified atom stereocenters. The number of fused-ring (bicyclic) bond motifs is 1. The summed E-state index contributed by atoms with van der Waals surface area (Å²) in [7, 11) is 0. The zero-order valence-corrected chi connectivity index (χ0v) is 21.7. The van der Waals surface area contributed by atoms with Crippen molar-refractivity contribution in [1.82, 2.24) is 9.97 Å². The number of anilines is 1. The minimum atomic E-state index is -0.778. The molecule has 2 aliphatic rings. The van der Waals surface area contributed by atoms with E-state index in [4.69, 9.17) is 9.97 Å². The van der Waals surface area contributed by atoms with Crippen molar-refractivity contribution in [3.63, 3.8) is 0 Å². The van der Waals surface area contributed by atoms with Gasteiger partial charge in [0.2, 0.25) is 0 Å². The van der Waals surface area contributed by atoms with E-state index in [9.17, 15) is 0 Å². The molecule has 0 aromatic carbocycles. The molecule has 1 aromatic rings. The average molecular weight is 490 g/mol. The Labute approximate surface area is 183 Å². The fraction of sp³-hybridized carbons (Fsp3) is 0.833. The van der Waals surface area contributed by atoms with Crippen molar-refractivity contribution in [2.75, 3.05) is 11.4 Å². The zero-order chi connectivity index (χ0) is 20.0. The van der Waals surface area contributed by atoms with Gasteiger partial charge in [0.05, 0.1) is 0 Å². The quantitative estimate of drug-likeness (QED) is 0.356. The summed E-state index contributed by atoms with van der Waals surface area (Å²) in [5.74, 6) is 1.07. The first kappa shape index (κ1) is 22.4. The Morgan fingerprint density at radius 1 is 0.964 bits per heavy atom. The van der Waals surface area contributed by atoms with Crippen LogP contribution in [0.25, 0.3) is 0 Å². The molecular weight excluding hydrogens is 449 g/mol. The molecule has 3 nitrogen and oxygen atoms in total. The molecule has 2 radical (unpaired) electrons. The van der Waals surface area contributed by atoms with Crippen LogP contribution in [0.15, 0.2) is 0 Å². The number of aromatic nitrogens is 2. The SMILES string of the molecule is CCCC[C](CCCC)(CCCC)[Sn][c]1nc(N2CC[C@@H]2C)nc2c1CCC2. The van der Waals surface area contributed by atoms with Crippen LogP contribution in [-0.2, 0) is 12.8 Å². The Kier molecular flexibility index (Phi) is 8.49. The molecule has 0 bridgehead atoms. The average Bonchev–Trinajstić information content (AvgIpc) is 3.16. The predicted molar refractivity (Wildman–Crippen MR) is 122 cm³/mol. The molecule has 1 fully saturated rings. The van der Waals surface area contributed by atoms with Gasteiger partial charge in [-0.25, -0.2) is 0 Å². The molecule has 1 aliphatic heterocycles. The van der Waals surface area contributed by atoms with Crippen LogP contribution in [0.4, 0.5) is 5.95 Å². The van der Waals surface area contributed by atoms with Gasteiger partial charge < -0.3 is 0 Å². The molecule has 156 valence electrons. The molecule has 3 rings (SSSR count). The van der Waals surface area contributed by atoms with E-state index in [1.807, 2.05) is 0 Å². The Morgan fingerprint density at radius 2 is 1.61 bits per heavy atom. The van der Waals surface area contributed by atoms with E-state index in [1.165, 1.54) is 89.2 Å². The van der Waals surface area contributed by atoms with Crippen molar-refractivity contribution in [2.24, 2.45) is 0 Å². The summed E-state index contributed by atoms with van der Waals surface area (Å²) >= 11 is -0.778. The number of rotatable bonds is 12. The number of aryl methyl sites for hydroxylation is 1. The molecule has 0 amide bonds. The molecule has 1 aliphatic carbocycles. The summed E-state index contributed by atoms with van der Waals surface area (Å²) < 4.78 is 2.21. The normalized spacial score (nSPS) is 19.0. The summed E-state index contributed by atoms with van der Waals surface area (Å²) in [4.78, 5) is 12.8. The van der Waals surface area contributed by atoms with Gasteiger partial charge in [0.15, 0.2) is 0 Å². The van der Waals surface area contributed by atoms with Gasteiger partial charge in [-0.15, -0.1) is 0 Å². The van der Waals surface area contributed by atoms with Crippen molar-refractivity contribution in [3.8, 4) is 0 Å². The third kappa shape index (κ3) is 5.23. The monoisotopic (exact) mass is 491 g/mol. The molecular formula is C24H41N3Sn. The second-order valence-corrected chi connectivity index (χ2v) is 14.3. The number of hydrogen-bond donors (Lipinski definition) is 0.